The summed E-state index contributed by atoms with van der Waals surface area (Å²) in [6, 6.07) is 5.10. The van der Waals surface area contributed by atoms with Crippen molar-refractivity contribution in [2.75, 3.05) is 37.9 Å². The molecule has 0 aliphatic carbocycles. The molecule has 1 spiro atoms. The van der Waals surface area contributed by atoms with Gasteiger partial charge in [-0.2, -0.15) is 13.2 Å². The number of ether oxygens (including phenoxy) is 1. The highest BCUT2D eigenvalue weighted by Gasteiger charge is 2.46. The molecule has 4 N–H and O–H groups in total. The Hall–Kier alpha value is -3.59. The van der Waals surface area contributed by atoms with Crippen LogP contribution < -0.4 is 20.7 Å². The number of likely N-dealkylation sites (tertiary alicyclic amines) is 1. The van der Waals surface area contributed by atoms with Crippen molar-refractivity contribution in [3.8, 4) is 5.75 Å². The van der Waals surface area contributed by atoms with Gasteiger partial charge in [-0.25, -0.2) is 9.59 Å². The molecule has 4 amide bonds. The van der Waals surface area contributed by atoms with E-state index in [9.17, 15) is 27.6 Å². The first-order valence-electron chi connectivity index (χ1n) is 11.6. The molecule has 212 valence electrons. The van der Waals surface area contributed by atoms with Gasteiger partial charge in [-0.1, -0.05) is 12.1 Å². The lowest BCUT2D eigenvalue weighted by atomic mass is 9.87. The molecule has 3 heterocycles. The van der Waals surface area contributed by atoms with E-state index < -0.39 is 17.7 Å². The normalized spacial score (nSPS) is 16.2. The number of amidine groups is 1. The zero-order valence-corrected chi connectivity index (χ0v) is 22.4. The number of carbonyl (C=O) groups excluding carboxylic acids is 3. The number of thiophene rings is 1. The smallest absolute Gasteiger partial charge is 0.490 e. The molecule has 0 radical (unpaired) electrons. The number of methoxy groups -OCH3 is 1. The summed E-state index contributed by atoms with van der Waals surface area (Å²) in [7, 11) is 1.57. The maximum atomic E-state index is 13.6. The summed E-state index contributed by atoms with van der Waals surface area (Å²) in [5, 5.41) is 16.5. The van der Waals surface area contributed by atoms with Gasteiger partial charge >= 0.3 is 18.2 Å². The summed E-state index contributed by atoms with van der Waals surface area (Å²) in [6.45, 7) is 3.02. The van der Waals surface area contributed by atoms with Crippen molar-refractivity contribution in [1.29, 1.82) is 0 Å². The number of hydrogen-bond donors (Lipinski definition) is 4. The maximum absolute atomic E-state index is 13.6. The van der Waals surface area contributed by atoms with E-state index in [1.54, 1.807) is 12.0 Å². The Morgan fingerprint density at radius 3 is 2.44 bits per heavy atom. The molecule has 11 nitrogen and oxygen atoms in total. The van der Waals surface area contributed by atoms with E-state index in [1.807, 2.05) is 25.1 Å². The first kappa shape index (κ1) is 30.0. The third-order valence-electron chi connectivity index (χ3n) is 5.95. The zero-order chi connectivity index (χ0) is 29.0. The number of nitrogens with one attached hydrogen (secondary N) is 3. The molecule has 0 bridgehead atoms. The Bertz CT molecular complexity index is 1310. The van der Waals surface area contributed by atoms with Crippen molar-refractivity contribution in [1.82, 2.24) is 15.5 Å². The third kappa shape index (κ3) is 6.53. The average Bonchev–Trinajstić information content (AvgIpc) is 3.40. The number of alkyl halides is 4. The van der Waals surface area contributed by atoms with Crippen LogP contribution in [0.5, 0.6) is 5.75 Å². The van der Waals surface area contributed by atoms with Crippen molar-refractivity contribution in [2.24, 2.45) is 4.99 Å². The van der Waals surface area contributed by atoms with Gasteiger partial charge in [0.25, 0.3) is 11.8 Å². The Morgan fingerprint density at radius 2 is 1.92 bits per heavy atom. The van der Waals surface area contributed by atoms with E-state index in [-0.39, 0.29) is 23.7 Å². The molecule has 16 heteroatoms. The molecule has 4 rings (SSSR count). The Labute approximate surface area is 229 Å². The van der Waals surface area contributed by atoms with Crippen LogP contribution in [0.4, 0.5) is 23.0 Å². The monoisotopic (exact) mass is 591 g/mol. The molecular formula is C23H25ClF3N5O6S. The molecular weight excluding hydrogens is 567 g/mol. The first-order chi connectivity index (χ1) is 18.4. The minimum Gasteiger partial charge on any atom is -0.495 e. The largest absolute Gasteiger partial charge is 0.495 e. The van der Waals surface area contributed by atoms with Gasteiger partial charge in [0.05, 0.1) is 23.3 Å². The second-order valence-electron chi connectivity index (χ2n) is 8.40. The molecule has 39 heavy (non-hydrogen) atoms. The number of aliphatic imine (C=N–C) groups is 1. The van der Waals surface area contributed by atoms with Crippen LogP contribution >= 0.6 is 22.9 Å². The lowest BCUT2D eigenvalue weighted by Crippen LogP contribution is -2.50. The molecule has 2 aliphatic rings. The van der Waals surface area contributed by atoms with Crippen LogP contribution in [0.2, 0.25) is 0 Å². The highest BCUT2D eigenvalue weighted by molar-refractivity contribution is 7.23. The zero-order valence-electron chi connectivity index (χ0n) is 20.8. The van der Waals surface area contributed by atoms with Gasteiger partial charge in [-0.3, -0.25) is 19.9 Å². The number of rotatable bonds is 5. The lowest BCUT2D eigenvalue weighted by Gasteiger charge is -2.35. The lowest BCUT2D eigenvalue weighted by molar-refractivity contribution is -0.192. The fraction of sp³-hybridized carbons (Fsp3) is 0.435. The van der Waals surface area contributed by atoms with Gasteiger partial charge in [-0.05, 0) is 25.8 Å². The van der Waals surface area contributed by atoms with Crippen LogP contribution in [0, 0.1) is 0 Å². The second-order valence-corrected chi connectivity index (χ2v) is 9.69. The van der Waals surface area contributed by atoms with Crippen LogP contribution in [0.3, 0.4) is 0 Å². The Balaban J connectivity index is 0.000000532. The molecule has 1 saturated heterocycles. The summed E-state index contributed by atoms with van der Waals surface area (Å²) in [6.07, 6.45) is -4.26. The number of urea groups is 1. The van der Waals surface area contributed by atoms with E-state index >= 15 is 0 Å². The Kier molecular flexibility index (Phi) is 9.27. The Morgan fingerprint density at radius 1 is 1.28 bits per heavy atom. The molecule has 0 saturated carbocycles. The molecule has 0 unspecified atom stereocenters. The standard InChI is InChI=1S/C21H24ClN5O4S.C2HF3O2/c1-3-23-20(30)25-17-15(12-5-4-6-13(31-2)16(12)32-17)18(28)27-9-7-21(8-10-27)19(29)24-14(11-22)26-21;3-2(4,5)1(6)7/h4-6H,3,7-11H2,1-2H3,(H2,23,25,30)(H,24,26,29);(H,6,7). The van der Waals surface area contributed by atoms with E-state index in [0.29, 0.717) is 60.0 Å². The van der Waals surface area contributed by atoms with Gasteiger partial charge in [0, 0.05) is 25.0 Å². The number of carbonyl (C=O) groups is 4. The number of anilines is 1. The summed E-state index contributed by atoms with van der Waals surface area (Å²) >= 11 is 7.12. The van der Waals surface area contributed by atoms with Crippen LogP contribution in [-0.4, -0.2) is 84.0 Å². The number of carboxylic acid groups (broad SMARTS) is 1. The van der Waals surface area contributed by atoms with Gasteiger partial charge in [-0.15, -0.1) is 22.9 Å². The summed E-state index contributed by atoms with van der Waals surface area (Å²) in [5.41, 5.74) is -0.435. The van der Waals surface area contributed by atoms with Crippen molar-refractivity contribution in [2.45, 2.75) is 31.5 Å². The number of nitrogens with zero attached hydrogens (tertiary/aromatic N) is 2. The number of aliphatic carboxylic acids is 1. The van der Waals surface area contributed by atoms with Crippen LogP contribution in [0.1, 0.15) is 30.1 Å². The van der Waals surface area contributed by atoms with Crippen LogP contribution in [0.25, 0.3) is 10.1 Å². The van der Waals surface area contributed by atoms with Crippen LogP contribution in [-0.2, 0) is 9.59 Å². The van der Waals surface area contributed by atoms with E-state index in [4.69, 9.17) is 26.2 Å². The number of carboxylic acids is 1. The maximum Gasteiger partial charge on any atom is 0.490 e. The SMILES string of the molecule is CCNC(=O)Nc1sc2c(OC)cccc2c1C(=O)N1CCC2(CC1)N=C(CCl)NC2=O.O=C(O)C(F)(F)F. The topological polar surface area (TPSA) is 149 Å². The predicted molar refractivity (Wildman–Crippen MR) is 139 cm³/mol. The average molecular weight is 592 g/mol. The van der Waals surface area contributed by atoms with Crippen LogP contribution in [0.15, 0.2) is 23.2 Å². The summed E-state index contributed by atoms with van der Waals surface area (Å²) < 4.78 is 38.0. The van der Waals surface area contributed by atoms with E-state index in [0.717, 1.165) is 4.70 Å². The molecule has 2 aromatic rings. The number of halogens is 4. The van der Waals surface area contributed by atoms with Gasteiger partial charge in [0.15, 0.2) is 0 Å². The minimum atomic E-state index is -5.08. The minimum absolute atomic E-state index is 0.147. The highest BCUT2D eigenvalue weighted by Crippen LogP contribution is 2.42. The van der Waals surface area contributed by atoms with Gasteiger partial charge < -0.3 is 25.4 Å². The van der Waals surface area contributed by atoms with E-state index in [2.05, 4.69) is 20.9 Å². The van der Waals surface area contributed by atoms with E-state index in [1.165, 1.54) is 11.3 Å². The van der Waals surface area contributed by atoms with Gasteiger partial charge in [0.2, 0.25) is 0 Å². The number of fused-ring (bicyclic) bond motifs is 1. The number of benzene rings is 1. The fourth-order valence-electron chi connectivity index (χ4n) is 4.09. The quantitative estimate of drug-likeness (QED) is 0.391. The third-order valence-corrected chi connectivity index (χ3v) is 7.34. The second kappa shape index (κ2) is 12.1. The number of piperidine rings is 1. The molecule has 1 aromatic heterocycles. The van der Waals surface area contributed by atoms with Crippen molar-refractivity contribution in [3.63, 3.8) is 0 Å². The predicted octanol–water partition coefficient (Wildman–Crippen LogP) is 3.43. The molecule has 0 atom stereocenters. The summed E-state index contributed by atoms with van der Waals surface area (Å²) in [4.78, 5) is 53.4. The fourth-order valence-corrected chi connectivity index (χ4v) is 5.39. The summed E-state index contributed by atoms with van der Waals surface area (Å²) in [5.74, 6) is -1.87. The number of amides is 4. The molecule has 1 fully saturated rings. The first-order valence-corrected chi connectivity index (χ1v) is 12.9. The molecule has 1 aromatic carbocycles. The number of hydrogen-bond acceptors (Lipinski definition) is 7. The van der Waals surface area contributed by atoms with Gasteiger partial charge in [0.1, 0.15) is 22.1 Å². The van der Waals surface area contributed by atoms with Crippen molar-refractivity contribution in [3.05, 3.63) is 23.8 Å². The van der Waals surface area contributed by atoms with Crippen molar-refractivity contribution < 1.29 is 42.2 Å². The highest BCUT2D eigenvalue weighted by atomic mass is 35.5. The molecule has 2 aliphatic heterocycles. The van der Waals surface area contributed by atoms with Crippen molar-refractivity contribution >= 4 is 67.7 Å².